The Morgan fingerprint density at radius 2 is 2.00 bits per heavy atom. The van der Waals surface area contributed by atoms with Crippen LogP contribution in [0.4, 0.5) is 0 Å². The molecule has 3 atom stereocenters. The molecule has 4 heteroatoms. The molecule has 0 aromatic rings. The molecule has 0 spiro atoms. The molecule has 12 heavy (non-hydrogen) atoms. The van der Waals surface area contributed by atoms with Crippen molar-refractivity contribution in [2.24, 2.45) is 5.41 Å². The van der Waals surface area contributed by atoms with Gasteiger partial charge in [-0.1, -0.05) is 13.8 Å². The van der Waals surface area contributed by atoms with Gasteiger partial charge in [0.05, 0.1) is 6.61 Å². The summed E-state index contributed by atoms with van der Waals surface area (Å²) < 4.78 is 4.93. The fourth-order valence-corrected chi connectivity index (χ4v) is 2.24. The van der Waals surface area contributed by atoms with Gasteiger partial charge >= 0.3 is 0 Å². The molecule has 2 fully saturated rings. The first kappa shape index (κ1) is 8.44. The van der Waals surface area contributed by atoms with E-state index in [1.165, 1.54) is 6.61 Å². The summed E-state index contributed by atoms with van der Waals surface area (Å²) in [5.74, 6) is 0. The molecule has 69 valence electrons. The highest BCUT2D eigenvalue weighted by molar-refractivity contribution is 5.41. The molecule has 2 aliphatic rings. The number of aliphatic hydroxyl groups is 3. The molecular formula is C8H13O4. The lowest BCUT2D eigenvalue weighted by Gasteiger charge is -2.19. The molecule has 1 heterocycles. The summed E-state index contributed by atoms with van der Waals surface area (Å²) in [4.78, 5) is 0. The molecule has 0 aromatic carbocycles. The zero-order valence-corrected chi connectivity index (χ0v) is 7.11. The molecule has 1 aliphatic carbocycles. The van der Waals surface area contributed by atoms with E-state index in [9.17, 15) is 10.2 Å². The number of fused-ring (bicyclic) bond motifs is 1. The van der Waals surface area contributed by atoms with E-state index in [0.717, 1.165) is 0 Å². The SMILES string of the molecule is CC1(C)[C@]2(O)[CH]O[C@H](CO)[C@]12O. The van der Waals surface area contributed by atoms with Gasteiger partial charge in [-0.15, -0.1) is 0 Å². The van der Waals surface area contributed by atoms with Gasteiger partial charge in [0.1, 0.15) is 23.9 Å². The van der Waals surface area contributed by atoms with Crippen LogP contribution in [0.3, 0.4) is 0 Å². The summed E-state index contributed by atoms with van der Waals surface area (Å²) in [7, 11) is 0. The summed E-state index contributed by atoms with van der Waals surface area (Å²) in [5.41, 5.74) is -3.21. The standard InChI is InChI=1S/C8H13O4/c1-6(2)7(10)4-12-5(3-9)8(6,7)11/h4-5,9-11H,3H2,1-2H3/t5-,7-,8+/m1/s1. The van der Waals surface area contributed by atoms with Gasteiger partial charge in [0, 0.05) is 5.41 Å². The second kappa shape index (κ2) is 1.85. The normalized spacial score (nSPS) is 55.2. The molecular weight excluding hydrogens is 160 g/mol. The second-order valence-electron chi connectivity index (χ2n) is 4.08. The molecule has 1 saturated heterocycles. The van der Waals surface area contributed by atoms with Crippen LogP contribution < -0.4 is 0 Å². The number of hydrogen-bond donors (Lipinski definition) is 3. The Hall–Kier alpha value is -0.160. The van der Waals surface area contributed by atoms with Crippen LogP contribution in [0.25, 0.3) is 0 Å². The van der Waals surface area contributed by atoms with Crippen molar-refractivity contribution in [1.82, 2.24) is 0 Å². The zero-order valence-electron chi connectivity index (χ0n) is 7.11. The Morgan fingerprint density at radius 1 is 1.42 bits per heavy atom. The van der Waals surface area contributed by atoms with Crippen molar-refractivity contribution in [2.45, 2.75) is 31.2 Å². The van der Waals surface area contributed by atoms with Crippen molar-refractivity contribution in [2.75, 3.05) is 6.61 Å². The largest absolute Gasteiger partial charge is 0.394 e. The fourth-order valence-electron chi connectivity index (χ4n) is 2.24. The van der Waals surface area contributed by atoms with E-state index < -0.39 is 22.7 Å². The van der Waals surface area contributed by atoms with Crippen LogP contribution in [0.15, 0.2) is 0 Å². The highest BCUT2D eigenvalue weighted by atomic mass is 16.6. The summed E-state index contributed by atoms with van der Waals surface area (Å²) in [5, 5.41) is 28.6. The Labute approximate surface area is 70.8 Å². The van der Waals surface area contributed by atoms with E-state index in [1.807, 2.05) is 0 Å². The number of rotatable bonds is 1. The van der Waals surface area contributed by atoms with Crippen molar-refractivity contribution < 1.29 is 20.1 Å². The topological polar surface area (TPSA) is 69.9 Å². The first-order chi connectivity index (χ1) is 5.42. The maximum absolute atomic E-state index is 9.95. The third-order valence-electron chi connectivity index (χ3n) is 3.46. The van der Waals surface area contributed by atoms with Crippen LogP contribution in [0, 0.1) is 12.0 Å². The van der Waals surface area contributed by atoms with Crippen molar-refractivity contribution >= 4 is 0 Å². The van der Waals surface area contributed by atoms with Crippen LogP contribution in [0.5, 0.6) is 0 Å². The summed E-state index contributed by atoms with van der Waals surface area (Å²) in [6.07, 6.45) is -0.697. The Kier molecular flexibility index (Phi) is 1.30. The van der Waals surface area contributed by atoms with Crippen molar-refractivity contribution in [3.05, 3.63) is 6.61 Å². The van der Waals surface area contributed by atoms with Gasteiger partial charge in [-0.3, -0.25) is 0 Å². The van der Waals surface area contributed by atoms with Crippen molar-refractivity contribution in [3.8, 4) is 0 Å². The lowest BCUT2D eigenvalue weighted by Crippen LogP contribution is -2.35. The smallest absolute Gasteiger partial charge is 0.133 e. The van der Waals surface area contributed by atoms with Crippen LogP contribution in [0.2, 0.25) is 0 Å². The molecule has 2 rings (SSSR count). The monoisotopic (exact) mass is 173 g/mol. The third-order valence-corrected chi connectivity index (χ3v) is 3.46. The highest BCUT2D eigenvalue weighted by Gasteiger charge is 2.89. The van der Waals surface area contributed by atoms with Gasteiger partial charge in [0.25, 0.3) is 0 Å². The first-order valence-electron chi connectivity index (χ1n) is 3.97. The molecule has 1 saturated carbocycles. The van der Waals surface area contributed by atoms with E-state index in [4.69, 9.17) is 9.84 Å². The van der Waals surface area contributed by atoms with Crippen LogP contribution >= 0.6 is 0 Å². The minimum Gasteiger partial charge on any atom is -0.394 e. The molecule has 3 N–H and O–H groups in total. The van der Waals surface area contributed by atoms with Crippen LogP contribution in [-0.4, -0.2) is 39.2 Å². The maximum Gasteiger partial charge on any atom is 0.133 e. The molecule has 4 nitrogen and oxygen atoms in total. The Bertz CT molecular complexity index is 227. The van der Waals surface area contributed by atoms with E-state index in [2.05, 4.69) is 0 Å². The van der Waals surface area contributed by atoms with Crippen LogP contribution in [0.1, 0.15) is 13.8 Å². The minimum absolute atomic E-state index is 0.279. The lowest BCUT2D eigenvalue weighted by atomic mass is 10.0. The molecule has 1 radical (unpaired) electrons. The second-order valence-corrected chi connectivity index (χ2v) is 4.08. The zero-order chi connectivity index (χ0) is 9.20. The van der Waals surface area contributed by atoms with Gasteiger partial charge < -0.3 is 20.1 Å². The van der Waals surface area contributed by atoms with Gasteiger partial charge in [-0.05, 0) is 0 Å². The van der Waals surface area contributed by atoms with E-state index in [-0.39, 0.29) is 6.61 Å². The highest BCUT2D eigenvalue weighted by Crippen LogP contribution is 2.71. The van der Waals surface area contributed by atoms with Gasteiger partial charge in [-0.2, -0.15) is 0 Å². The predicted octanol–water partition coefficient (Wildman–Crippen LogP) is -0.959. The summed E-state index contributed by atoms with van der Waals surface area (Å²) in [6.45, 7) is 4.44. The quantitative estimate of drug-likeness (QED) is 0.477. The van der Waals surface area contributed by atoms with Crippen LogP contribution in [-0.2, 0) is 4.74 Å². The lowest BCUT2D eigenvalue weighted by molar-refractivity contribution is -0.0459. The van der Waals surface area contributed by atoms with E-state index >= 15 is 0 Å². The molecule has 0 aromatic heterocycles. The molecule has 0 bridgehead atoms. The molecule has 0 unspecified atom stereocenters. The van der Waals surface area contributed by atoms with E-state index in [0.29, 0.717) is 0 Å². The molecule has 1 aliphatic heterocycles. The van der Waals surface area contributed by atoms with Gasteiger partial charge in [0.2, 0.25) is 0 Å². The first-order valence-corrected chi connectivity index (χ1v) is 3.97. The summed E-state index contributed by atoms with van der Waals surface area (Å²) >= 11 is 0. The maximum atomic E-state index is 9.95. The number of hydrogen-bond acceptors (Lipinski definition) is 4. The number of ether oxygens (including phenoxy) is 1. The third kappa shape index (κ3) is 0.510. The van der Waals surface area contributed by atoms with Gasteiger partial charge in [-0.25, -0.2) is 0 Å². The fraction of sp³-hybridized carbons (Fsp3) is 0.875. The predicted molar refractivity (Wildman–Crippen MR) is 39.9 cm³/mol. The molecule has 0 amide bonds. The Morgan fingerprint density at radius 3 is 2.25 bits per heavy atom. The summed E-state index contributed by atoms with van der Waals surface area (Å²) in [6, 6.07) is 0. The van der Waals surface area contributed by atoms with Gasteiger partial charge in [0.15, 0.2) is 0 Å². The van der Waals surface area contributed by atoms with E-state index in [1.54, 1.807) is 13.8 Å². The van der Waals surface area contributed by atoms with Crippen molar-refractivity contribution in [1.29, 1.82) is 0 Å². The van der Waals surface area contributed by atoms with Crippen molar-refractivity contribution in [3.63, 3.8) is 0 Å². The Balaban J connectivity index is 2.34. The minimum atomic E-state index is -1.31. The number of aliphatic hydroxyl groups excluding tert-OH is 1. The average molecular weight is 173 g/mol. The average Bonchev–Trinajstić information content (AvgIpc) is 2.26.